The molecule has 0 fully saturated rings. The van der Waals surface area contributed by atoms with Gasteiger partial charge in [0.05, 0.1) is 0 Å². The molecule has 0 N–H and O–H groups in total. The van der Waals surface area contributed by atoms with Crippen LogP contribution >= 0.6 is 0 Å². The molecule has 0 saturated carbocycles. The van der Waals surface area contributed by atoms with Crippen molar-refractivity contribution >= 4 is 10.9 Å². The number of benzene rings is 2. The molecule has 0 saturated heterocycles. The van der Waals surface area contributed by atoms with E-state index in [0.29, 0.717) is 0 Å². The Labute approximate surface area is 112 Å². The lowest BCUT2D eigenvalue weighted by atomic mass is 10.0. The first-order chi connectivity index (χ1) is 9.31. The summed E-state index contributed by atoms with van der Waals surface area (Å²) < 4.78 is 1.98. The SMILES string of the molecule is Cn1c(C#N)c(Cc2ccccc2)c2ccccc21. The van der Waals surface area contributed by atoms with E-state index in [-0.39, 0.29) is 0 Å². The molecule has 19 heavy (non-hydrogen) atoms. The highest BCUT2D eigenvalue weighted by molar-refractivity contribution is 5.87. The lowest BCUT2D eigenvalue weighted by Gasteiger charge is -2.01. The zero-order valence-electron chi connectivity index (χ0n) is 10.8. The van der Waals surface area contributed by atoms with Crippen molar-refractivity contribution in [1.82, 2.24) is 4.57 Å². The van der Waals surface area contributed by atoms with Crippen molar-refractivity contribution in [3.8, 4) is 6.07 Å². The van der Waals surface area contributed by atoms with E-state index < -0.39 is 0 Å². The van der Waals surface area contributed by atoms with Gasteiger partial charge in [0.1, 0.15) is 11.8 Å². The maximum atomic E-state index is 9.41. The Morgan fingerprint density at radius 2 is 1.68 bits per heavy atom. The minimum Gasteiger partial charge on any atom is -0.335 e. The third kappa shape index (κ3) is 1.90. The predicted molar refractivity (Wildman–Crippen MR) is 76.9 cm³/mol. The van der Waals surface area contributed by atoms with E-state index in [1.165, 1.54) is 10.9 Å². The lowest BCUT2D eigenvalue weighted by Crippen LogP contribution is -1.95. The van der Waals surface area contributed by atoms with Crippen LogP contribution in [0.4, 0.5) is 0 Å². The summed E-state index contributed by atoms with van der Waals surface area (Å²) in [6.07, 6.45) is 0.797. The molecule has 3 aromatic rings. The van der Waals surface area contributed by atoms with Crippen LogP contribution in [0.1, 0.15) is 16.8 Å². The van der Waals surface area contributed by atoms with Gasteiger partial charge in [-0.25, -0.2) is 0 Å². The summed E-state index contributed by atoms with van der Waals surface area (Å²) in [5, 5.41) is 10.6. The molecule has 1 aromatic heterocycles. The largest absolute Gasteiger partial charge is 0.335 e. The quantitative estimate of drug-likeness (QED) is 0.678. The van der Waals surface area contributed by atoms with Gasteiger partial charge >= 0.3 is 0 Å². The van der Waals surface area contributed by atoms with E-state index in [0.717, 1.165) is 23.2 Å². The van der Waals surface area contributed by atoms with Crippen molar-refractivity contribution in [2.45, 2.75) is 6.42 Å². The van der Waals surface area contributed by atoms with E-state index in [1.807, 2.05) is 41.9 Å². The Kier molecular flexibility index (Phi) is 2.81. The summed E-state index contributed by atoms with van der Waals surface area (Å²) in [5.41, 5.74) is 4.22. The fourth-order valence-electron chi connectivity index (χ4n) is 2.59. The number of hydrogen-bond acceptors (Lipinski definition) is 1. The average molecular weight is 246 g/mol. The van der Waals surface area contributed by atoms with E-state index in [1.54, 1.807) is 0 Å². The van der Waals surface area contributed by atoms with E-state index in [2.05, 4.69) is 30.3 Å². The minimum atomic E-state index is 0.755. The van der Waals surface area contributed by atoms with Crippen LogP contribution in [-0.4, -0.2) is 4.57 Å². The van der Waals surface area contributed by atoms with E-state index >= 15 is 0 Å². The van der Waals surface area contributed by atoms with Crippen LogP contribution in [0.25, 0.3) is 10.9 Å². The van der Waals surface area contributed by atoms with Gasteiger partial charge in [0.25, 0.3) is 0 Å². The first kappa shape index (κ1) is 11.6. The second-order valence-corrected chi connectivity index (χ2v) is 4.68. The zero-order valence-corrected chi connectivity index (χ0v) is 10.8. The summed E-state index contributed by atoms with van der Waals surface area (Å²) in [5.74, 6) is 0. The number of hydrogen-bond donors (Lipinski definition) is 0. The number of nitrogens with zero attached hydrogens (tertiary/aromatic N) is 2. The topological polar surface area (TPSA) is 28.7 Å². The second kappa shape index (κ2) is 4.62. The first-order valence-corrected chi connectivity index (χ1v) is 6.31. The Morgan fingerprint density at radius 1 is 1.00 bits per heavy atom. The van der Waals surface area contributed by atoms with Gasteiger partial charge in [0.2, 0.25) is 0 Å². The molecule has 1 heterocycles. The molecular formula is C17H14N2. The summed E-state index contributed by atoms with van der Waals surface area (Å²) in [6.45, 7) is 0. The molecular weight excluding hydrogens is 232 g/mol. The molecule has 92 valence electrons. The van der Waals surface area contributed by atoms with Crippen molar-refractivity contribution in [2.75, 3.05) is 0 Å². The lowest BCUT2D eigenvalue weighted by molar-refractivity contribution is 0.934. The molecule has 2 heteroatoms. The van der Waals surface area contributed by atoms with Crippen molar-refractivity contribution in [3.63, 3.8) is 0 Å². The van der Waals surface area contributed by atoms with Gasteiger partial charge in [0, 0.05) is 29.9 Å². The van der Waals surface area contributed by atoms with Crippen molar-refractivity contribution in [1.29, 1.82) is 5.26 Å². The maximum absolute atomic E-state index is 9.41. The summed E-state index contributed by atoms with van der Waals surface area (Å²) in [4.78, 5) is 0. The van der Waals surface area contributed by atoms with Gasteiger partial charge < -0.3 is 4.57 Å². The normalized spacial score (nSPS) is 10.5. The number of aromatic nitrogens is 1. The van der Waals surface area contributed by atoms with E-state index in [9.17, 15) is 5.26 Å². The number of rotatable bonds is 2. The first-order valence-electron chi connectivity index (χ1n) is 6.31. The highest BCUT2D eigenvalue weighted by atomic mass is 14.9. The predicted octanol–water partition coefficient (Wildman–Crippen LogP) is 3.64. The van der Waals surface area contributed by atoms with Gasteiger partial charge in [-0.05, 0) is 11.6 Å². The molecule has 0 spiro atoms. The highest BCUT2D eigenvalue weighted by Gasteiger charge is 2.14. The smallest absolute Gasteiger partial charge is 0.124 e. The van der Waals surface area contributed by atoms with Gasteiger partial charge in [-0.2, -0.15) is 5.26 Å². The second-order valence-electron chi connectivity index (χ2n) is 4.68. The Balaban J connectivity index is 2.20. The average Bonchev–Trinajstić information content (AvgIpc) is 2.73. The van der Waals surface area contributed by atoms with Crippen LogP contribution in [0.2, 0.25) is 0 Å². The molecule has 3 rings (SSSR count). The molecule has 0 atom stereocenters. The van der Waals surface area contributed by atoms with Gasteiger partial charge in [-0.15, -0.1) is 0 Å². The molecule has 2 nitrogen and oxygen atoms in total. The Hall–Kier alpha value is -2.53. The maximum Gasteiger partial charge on any atom is 0.124 e. The molecule has 0 amide bonds. The molecule has 0 aliphatic carbocycles. The molecule has 0 aliphatic heterocycles. The monoisotopic (exact) mass is 246 g/mol. The van der Waals surface area contributed by atoms with Crippen LogP contribution < -0.4 is 0 Å². The van der Waals surface area contributed by atoms with Crippen molar-refractivity contribution < 1.29 is 0 Å². The number of aryl methyl sites for hydroxylation is 1. The molecule has 0 bridgehead atoms. The molecule has 0 unspecified atom stereocenters. The fraction of sp³-hybridized carbons (Fsp3) is 0.118. The number of fused-ring (bicyclic) bond motifs is 1. The third-order valence-electron chi connectivity index (χ3n) is 3.54. The molecule has 0 radical (unpaired) electrons. The van der Waals surface area contributed by atoms with Gasteiger partial charge in [-0.3, -0.25) is 0 Å². The Bertz CT molecular complexity index is 761. The molecule has 0 aliphatic rings. The van der Waals surface area contributed by atoms with Crippen LogP contribution in [0.5, 0.6) is 0 Å². The van der Waals surface area contributed by atoms with Crippen LogP contribution in [0.3, 0.4) is 0 Å². The summed E-state index contributed by atoms with van der Waals surface area (Å²) in [6, 6.07) is 20.8. The van der Waals surface area contributed by atoms with Crippen LogP contribution in [0.15, 0.2) is 54.6 Å². The van der Waals surface area contributed by atoms with Gasteiger partial charge in [-0.1, -0.05) is 48.5 Å². The summed E-state index contributed by atoms with van der Waals surface area (Å²) in [7, 11) is 1.95. The number of nitriles is 1. The Morgan fingerprint density at radius 3 is 2.42 bits per heavy atom. The molecule has 2 aromatic carbocycles. The third-order valence-corrected chi connectivity index (χ3v) is 3.54. The fourth-order valence-corrected chi connectivity index (χ4v) is 2.59. The minimum absolute atomic E-state index is 0.755. The van der Waals surface area contributed by atoms with Gasteiger partial charge in [0.15, 0.2) is 0 Å². The summed E-state index contributed by atoms with van der Waals surface area (Å²) >= 11 is 0. The van der Waals surface area contributed by atoms with Crippen LogP contribution in [0, 0.1) is 11.3 Å². The standard InChI is InChI=1S/C17H14N2/c1-19-16-10-6-5-9-14(16)15(17(19)12-18)11-13-7-3-2-4-8-13/h2-10H,11H2,1H3. The number of para-hydroxylation sites is 1. The van der Waals surface area contributed by atoms with Crippen molar-refractivity contribution in [2.24, 2.45) is 7.05 Å². The highest BCUT2D eigenvalue weighted by Crippen LogP contribution is 2.26. The van der Waals surface area contributed by atoms with Crippen molar-refractivity contribution in [3.05, 3.63) is 71.4 Å². The van der Waals surface area contributed by atoms with E-state index in [4.69, 9.17) is 0 Å². The zero-order chi connectivity index (χ0) is 13.2. The van der Waals surface area contributed by atoms with Crippen LogP contribution in [-0.2, 0) is 13.5 Å².